The molecule has 0 radical (unpaired) electrons. The predicted octanol–water partition coefficient (Wildman–Crippen LogP) is 5.51. The first-order valence-corrected chi connectivity index (χ1v) is 26.5. The number of nitrogens with two attached hydrogens (primary N) is 4. The fourth-order valence-electron chi connectivity index (χ4n) is 9.46. The van der Waals surface area contributed by atoms with E-state index in [1.165, 1.54) is 0 Å². The summed E-state index contributed by atoms with van der Waals surface area (Å²) in [7, 11) is 0. The highest BCUT2D eigenvalue weighted by Gasteiger charge is 2.26. The molecule has 0 saturated carbocycles. The van der Waals surface area contributed by atoms with E-state index < -0.39 is 24.0 Å². The lowest BCUT2D eigenvalue weighted by atomic mass is 9.92. The van der Waals surface area contributed by atoms with Gasteiger partial charge in [-0.25, -0.2) is 9.59 Å². The molecule has 12 N–H and O–H groups in total. The van der Waals surface area contributed by atoms with Gasteiger partial charge in [0.1, 0.15) is 35.1 Å². The summed E-state index contributed by atoms with van der Waals surface area (Å²) in [6.07, 6.45) is 4.07. The number of ether oxygens (including phenoxy) is 4. The maximum Gasteiger partial charge on any atom is 0.338 e. The summed E-state index contributed by atoms with van der Waals surface area (Å²) in [5, 5.41) is 13.1. The summed E-state index contributed by atoms with van der Waals surface area (Å²) in [5.74, 6) is 0.512. The lowest BCUT2D eigenvalue weighted by Gasteiger charge is -2.20. The van der Waals surface area contributed by atoms with Gasteiger partial charge in [-0.05, 0) is 108 Å². The minimum atomic E-state index is -0.899. The number of hydrogen-bond donors (Lipinski definition) is 8. The number of amides is 2. The van der Waals surface area contributed by atoms with Crippen LogP contribution in [0.2, 0.25) is 0 Å². The summed E-state index contributed by atoms with van der Waals surface area (Å²) in [4.78, 5) is 60.5. The van der Waals surface area contributed by atoms with Crippen LogP contribution >= 0.6 is 0 Å². The smallest absolute Gasteiger partial charge is 0.338 e. The van der Waals surface area contributed by atoms with Crippen molar-refractivity contribution in [1.82, 2.24) is 10.6 Å². The van der Waals surface area contributed by atoms with E-state index in [1.807, 2.05) is 146 Å². The van der Waals surface area contributed by atoms with Gasteiger partial charge in [-0.15, -0.1) is 0 Å². The second kappa shape index (κ2) is 27.6. The molecule has 0 fully saturated rings. The van der Waals surface area contributed by atoms with Gasteiger partial charge in [0.05, 0.1) is 26.3 Å². The van der Waals surface area contributed by atoms with Crippen molar-refractivity contribution in [2.45, 2.75) is 76.3 Å². The molecule has 16 nitrogen and oxygen atoms in total. The number of rotatable bonds is 27. The maximum absolute atomic E-state index is 13.7. The molecular weight excluding hydrogens is 985 g/mol. The van der Waals surface area contributed by atoms with Crippen LogP contribution in [-0.4, -0.2) is 74.1 Å². The molecule has 0 unspecified atom stereocenters. The van der Waals surface area contributed by atoms with E-state index in [-0.39, 0.29) is 49.8 Å². The molecule has 2 amide bonds. The van der Waals surface area contributed by atoms with Crippen molar-refractivity contribution in [2.24, 2.45) is 22.9 Å². The van der Waals surface area contributed by atoms with Crippen LogP contribution in [0.25, 0.3) is 54.2 Å². The molecule has 0 aliphatic rings. The van der Waals surface area contributed by atoms with Gasteiger partial charge in [0.25, 0.3) is 0 Å². The summed E-state index contributed by atoms with van der Waals surface area (Å²) in [6, 6.07) is 48.5. The van der Waals surface area contributed by atoms with E-state index in [4.69, 9.17) is 41.9 Å². The van der Waals surface area contributed by atoms with Crippen molar-refractivity contribution in [3.63, 3.8) is 0 Å². The van der Waals surface area contributed by atoms with Crippen LogP contribution in [0.1, 0.15) is 64.2 Å². The number of guanidine groups is 2. The Balaban J connectivity index is 0.935. The molecule has 0 aliphatic carbocycles. The molecule has 78 heavy (non-hydrogen) atoms. The maximum atomic E-state index is 13.7. The number of carbonyl (C=O) groups is 4. The summed E-state index contributed by atoms with van der Waals surface area (Å²) in [5.41, 5.74) is 23.9. The Morgan fingerprint density at radius 2 is 0.756 bits per heavy atom. The third-order valence-corrected chi connectivity index (χ3v) is 13.3. The van der Waals surface area contributed by atoms with Crippen LogP contribution in [0, 0.1) is 0 Å². The third-order valence-electron chi connectivity index (χ3n) is 13.3. The third kappa shape index (κ3) is 15.0. The second-order valence-corrected chi connectivity index (χ2v) is 19.0. The minimum Gasteiger partial charge on any atom is -0.493 e. The van der Waals surface area contributed by atoms with Crippen molar-refractivity contribution < 1.29 is 48.1 Å². The van der Waals surface area contributed by atoms with Gasteiger partial charge < -0.3 is 29.6 Å². The minimum absolute atomic E-state index is 0.0875. The average Bonchev–Trinajstić information content (AvgIpc) is 3.57. The van der Waals surface area contributed by atoms with E-state index in [0.717, 1.165) is 54.2 Å². The number of esters is 2. The highest BCUT2D eigenvalue weighted by Crippen LogP contribution is 2.45. The molecule has 0 saturated heterocycles. The molecule has 402 valence electrons. The van der Waals surface area contributed by atoms with Crippen LogP contribution in [-0.2, 0) is 19.2 Å². The number of hydrogen-bond acceptors (Lipinski definition) is 8. The van der Waals surface area contributed by atoms with E-state index in [0.29, 0.717) is 87.5 Å². The lowest BCUT2D eigenvalue weighted by Crippen LogP contribution is -2.78. The molecule has 0 spiro atoms. The van der Waals surface area contributed by atoms with E-state index >= 15 is 0 Å². The standard InChI is InChI=1S/C62H66N8O8/c63-61(64)67-37-11-9-27-49(59(73)77-51-29-13-21-41-17-1-5-23-45(41)51)69-55(71)31-15-39-75-53-35-33-43-19-3-7-25-47(43)57(53)58-48-26-8-4-20-44(48)34-36-54(58)76-40-16-32-56(72)70-50(28-10-12-38-68-62(65)66)60(74)78-52-30-14-22-42-18-2-6-24-46(42)52/h1-8,13-14,17-26,29-30,33-36,49-50H,9-12,15-16,27-28,31-32,37-40H2,(H,69,71)(H,70,72)(H4,63,64,67)(H4,65,66,68)/p+2/t49-,50-/m1/s1. The Bertz CT molecular complexity index is 3210. The fourth-order valence-corrected chi connectivity index (χ4v) is 9.46. The SMILES string of the molecule is NC(N)=[NH+]CCCC[C@@H](NC(=O)CCCOc1ccc2ccccc2c1-c1c(OCCCC(=O)N[C@H](CCCC[NH+]=C(N)N)C(=O)Oc2cccc3ccccc23)ccc2ccccc12)C(=O)Oc1cccc2ccccc12. The Hall–Kier alpha value is -9.18. The normalized spacial score (nSPS) is 11.8. The quantitative estimate of drug-likeness (QED) is 0.0104. The Morgan fingerprint density at radius 1 is 0.397 bits per heavy atom. The molecule has 0 bridgehead atoms. The molecule has 16 heteroatoms. The average molecular weight is 1050 g/mol. The van der Waals surface area contributed by atoms with E-state index in [2.05, 4.69) is 20.6 Å². The van der Waals surface area contributed by atoms with Crippen molar-refractivity contribution in [1.29, 1.82) is 0 Å². The second-order valence-electron chi connectivity index (χ2n) is 19.0. The van der Waals surface area contributed by atoms with Crippen LogP contribution in [0.15, 0.2) is 158 Å². The Labute approximate surface area is 453 Å². The summed E-state index contributed by atoms with van der Waals surface area (Å²) < 4.78 is 25.0. The zero-order valence-corrected chi connectivity index (χ0v) is 43.6. The predicted molar refractivity (Wildman–Crippen MR) is 306 cm³/mol. The number of fused-ring (bicyclic) bond motifs is 4. The molecule has 8 rings (SSSR count). The monoisotopic (exact) mass is 1050 g/mol. The highest BCUT2D eigenvalue weighted by molar-refractivity contribution is 6.10. The summed E-state index contributed by atoms with van der Waals surface area (Å²) in [6.45, 7) is 1.42. The zero-order valence-electron chi connectivity index (χ0n) is 43.6. The molecule has 8 aromatic carbocycles. The van der Waals surface area contributed by atoms with Gasteiger partial charge in [0, 0.05) is 34.7 Å². The van der Waals surface area contributed by atoms with Crippen molar-refractivity contribution in [3.05, 3.63) is 158 Å². The van der Waals surface area contributed by atoms with Crippen LogP contribution < -0.4 is 62.5 Å². The molecular formula is C62H68N8O8+2. The highest BCUT2D eigenvalue weighted by atomic mass is 16.5. The van der Waals surface area contributed by atoms with Crippen molar-refractivity contribution in [2.75, 3.05) is 26.3 Å². The van der Waals surface area contributed by atoms with Crippen molar-refractivity contribution in [3.8, 4) is 34.1 Å². The van der Waals surface area contributed by atoms with Gasteiger partial charge in [0.2, 0.25) is 11.8 Å². The zero-order chi connectivity index (χ0) is 54.6. The molecule has 0 aromatic heterocycles. The van der Waals surface area contributed by atoms with Crippen LogP contribution in [0.3, 0.4) is 0 Å². The first-order valence-electron chi connectivity index (χ1n) is 26.5. The van der Waals surface area contributed by atoms with Crippen LogP contribution in [0.5, 0.6) is 23.0 Å². The summed E-state index contributed by atoms with van der Waals surface area (Å²) >= 11 is 0. The number of benzene rings is 8. The van der Waals surface area contributed by atoms with Gasteiger partial charge >= 0.3 is 23.9 Å². The lowest BCUT2D eigenvalue weighted by molar-refractivity contribution is -0.460. The van der Waals surface area contributed by atoms with Crippen molar-refractivity contribution >= 4 is 78.8 Å². The van der Waals surface area contributed by atoms with E-state index in [9.17, 15) is 19.2 Å². The molecule has 0 aliphatic heterocycles. The van der Waals surface area contributed by atoms with Gasteiger partial charge in [-0.3, -0.25) is 42.5 Å². The Kier molecular flexibility index (Phi) is 19.5. The molecule has 8 aromatic rings. The largest absolute Gasteiger partial charge is 0.493 e. The molecule has 2 atom stereocenters. The van der Waals surface area contributed by atoms with Gasteiger partial charge in [-0.2, -0.15) is 0 Å². The Morgan fingerprint density at radius 3 is 1.15 bits per heavy atom. The fraction of sp³-hybridized carbons (Fsp3) is 0.258. The van der Waals surface area contributed by atoms with Crippen LogP contribution in [0.4, 0.5) is 0 Å². The topological polar surface area (TPSA) is 261 Å². The van der Waals surface area contributed by atoms with E-state index in [1.54, 1.807) is 12.1 Å². The molecule has 0 heterocycles. The number of carbonyl (C=O) groups excluding carboxylic acids is 4. The first kappa shape index (κ1) is 55.1. The number of unbranched alkanes of at least 4 members (excludes halogenated alkanes) is 2. The van der Waals surface area contributed by atoms with Gasteiger partial charge in [-0.1, -0.05) is 133 Å². The number of nitrogens with one attached hydrogen (secondary N) is 4. The van der Waals surface area contributed by atoms with Gasteiger partial charge in [0.15, 0.2) is 0 Å². The first-order chi connectivity index (χ1) is 38.0.